The summed E-state index contributed by atoms with van der Waals surface area (Å²) in [6.45, 7) is -0.912. The summed E-state index contributed by atoms with van der Waals surface area (Å²) in [7, 11) is 1.09. The fourth-order valence-electron chi connectivity index (χ4n) is 1.23. The highest BCUT2D eigenvalue weighted by Crippen LogP contribution is 2.20. The Morgan fingerprint density at radius 3 is 2.63 bits per heavy atom. The Balaban J connectivity index is 2.58. The number of aliphatic hydroxyl groups is 1. The molecule has 0 heterocycles. The molecule has 0 aliphatic heterocycles. The number of aliphatic hydroxyl groups excluding tert-OH is 1. The molecule has 0 fully saturated rings. The number of benzene rings is 1. The molecule has 0 aromatic heterocycles. The van der Waals surface area contributed by atoms with Gasteiger partial charge in [-0.3, -0.25) is 0 Å². The molecule has 2 N–H and O–H groups in total. The summed E-state index contributed by atoms with van der Waals surface area (Å²) in [6, 6.07) is 4.03. The van der Waals surface area contributed by atoms with Crippen LogP contribution in [-0.4, -0.2) is 41.9 Å². The van der Waals surface area contributed by atoms with E-state index in [1.54, 1.807) is 0 Å². The van der Waals surface area contributed by atoms with Crippen molar-refractivity contribution in [3.63, 3.8) is 0 Å². The van der Waals surface area contributed by atoms with Crippen LogP contribution in [0.15, 0.2) is 24.3 Å². The van der Waals surface area contributed by atoms with Gasteiger partial charge >= 0.3 is 12.2 Å². The van der Waals surface area contributed by atoms with E-state index in [0.717, 1.165) is 19.2 Å². The molecular weight excluding hydrogens is 268 g/mol. The van der Waals surface area contributed by atoms with Crippen molar-refractivity contribution in [3.8, 4) is 0 Å². The number of amides is 2. The van der Waals surface area contributed by atoms with E-state index in [0.29, 0.717) is 4.90 Å². The number of hydrogen-bond acceptors (Lipinski definition) is 2. The Kier molecular flexibility index (Phi) is 4.71. The van der Waals surface area contributed by atoms with Gasteiger partial charge in [-0.25, -0.2) is 9.18 Å². The first kappa shape index (κ1) is 15.2. The molecule has 19 heavy (non-hydrogen) atoms. The van der Waals surface area contributed by atoms with Gasteiger partial charge in [-0.05, 0) is 18.2 Å². The second-order valence-corrected chi connectivity index (χ2v) is 3.88. The van der Waals surface area contributed by atoms with E-state index in [4.69, 9.17) is 5.11 Å². The maximum Gasteiger partial charge on any atom is 0.416 e. The summed E-state index contributed by atoms with van der Waals surface area (Å²) in [6.07, 6.45) is -7.43. The van der Waals surface area contributed by atoms with E-state index in [1.165, 1.54) is 12.1 Å². The zero-order valence-corrected chi connectivity index (χ0v) is 9.91. The second kappa shape index (κ2) is 5.87. The molecule has 0 saturated carbocycles. The van der Waals surface area contributed by atoms with Crippen molar-refractivity contribution < 1.29 is 27.5 Å². The average molecular weight is 280 g/mol. The molecule has 1 atom stereocenters. The topological polar surface area (TPSA) is 52.6 Å². The first-order valence-electron chi connectivity index (χ1n) is 5.22. The van der Waals surface area contributed by atoms with Crippen molar-refractivity contribution >= 4 is 11.7 Å². The van der Waals surface area contributed by atoms with Crippen molar-refractivity contribution in [1.29, 1.82) is 0 Å². The summed E-state index contributed by atoms with van der Waals surface area (Å²) in [5, 5.41) is 11.0. The van der Waals surface area contributed by atoms with Gasteiger partial charge in [0.05, 0.1) is 6.54 Å². The van der Waals surface area contributed by atoms with E-state index < -0.39 is 30.7 Å². The SMILES string of the molecule is CN(CC(O)C(F)(F)F)C(=O)Nc1cccc(F)c1. The maximum absolute atomic E-state index is 12.8. The van der Waals surface area contributed by atoms with Crippen LogP contribution in [0.5, 0.6) is 0 Å². The predicted molar refractivity (Wildman–Crippen MR) is 60.1 cm³/mol. The maximum atomic E-state index is 12.8. The number of alkyl halides is 3. The average Bonchev–Trinajstić information content (AvgIpc) is 2.27. The van der Waals surface area contributed by atoms with E-state index in [1.807, 2.05) is 0 Å². The molecule has 0 spiro atoms. The molecule has 1 aromatic rings. The van der Waals surface area contributed by atoms with Gasteiger partial charge in [0.25, 0.3) is 0 Å². The Labute approximate surface area is 106 Å². The van der Waals surface area contributed by atoms with Crippen LogP contribution in [-0.2, 0) is 0 Å². The molecule has 1 rings (SSSR count). The minimum atomic E-state index is -4.80. The van der Waals surface area contributed by atoms with Gasteiger partial charge in [0.2, 0.25) is 0 Å². The molecule has 0 radical (unpaired) electrons. The van der Waals surface area contributed by atoms with Gasteiger partial charge < -0.3 is 15.3 Å². The number of urea groups is 1. The van der Waals surface area contributed by atoms with Gasteiger partial charge in [-0.15, -0.1) is 0 Å². The summed E-state index contributed by atoms with van der Waals surface area (Å²) >= 11 is 0. The number of likely N-dealkylation sites (N-methyl/N-ethyl adjacent to an activating group) is 1. The number of hydrogen-bond donors (Lipinski definition) is 2. The Bertz CT molecular complexity index is 451. The minimum absolute atomic E-state index is 0.110. The lowest BCUT2D eigenvalue weighted by molar-refractivity contribution is -0.205. The lowest BCUT2D eigenvalue weighted by Crippen LogP contribution is -2.43. The minimum Gasteiger partial charge on any atom is -0.382 e. The second-order valence-electron chi connectivity index (χ2n) is 3.88. The van der Waals surface area contributed by atoms with Crippen molar-refractivity contribution in [1.82, 2.24) is 4.90 Å². The van der Waals surface area contributed by atoms with Gasteiger partial charge in [-0.1, -0.05) is 6.07 Å². The number of carbonyl (C=O) groups is 1. The van der Waals surface area contributed by atoms with Crippen LogP contribution in [0.3, 0.4) is 0 Å². The smallest absolute Gasteiger partial charge is 0.382 e. The van der Waals surface area contributed by atoms with Crippen molar-refractivity contribution in [2.75, 3.05) is 18.9 Å². The first-order valence-corrected chi connectivity index (χ1v) is 5.22. The molecule has 2 amide bonds. The molecule has 0 aliphatic carbocycles. The molecule has 8 heteroatoms. The zero-order valence-electron chi connectivity index (χ0n) is 9.91. The lowest BCUT2D eigenvalue weighted by atomic mass is 10.3. The zero-order chi connectivity index (χ0) is 14.6. The summed E-state index contributed by atoms with van der Waals surface area (Å²) in [4.78, 5) is 12.2. The normalized spacial score (nSPS) is 12.9. The number of anilines is 1. The van der Waals surface area contributed by atoms with Gasteiger partial charge in [0.1, 0.15) is 5.82 Å². The quantitative estimate of drug-likeness (QED) is 0.834. The number of rotatable bonds is 3. The highest BCUT2D eigenvalue weighted by Gasteiger charge is 2.39. The van der Waals surface area contributed by atoms with Gasteiger partial charge in [0.15, 0.2) is 6.10 Å². The van der Waals surface area contributed by atoms with Crippen molar-refractivity contribution in [2.45, 2.75) is 12.3 Å². The molecule has 0 bridgehead atoms. The van der Waals surface area contributed by atoms with Crippen LogP contribution < -0.4 is 5.32 Å². The third-order valence-corrected chi connectivity index (χ3v) is 2.25. The third kappa shape index (κ3) is 4.74. The number of nitrogens with zero attached hydrogens (tertiary/aromatic N) is 1. The highest BCUT2D eigenvalue weighted by molar-refractivity contribution is 5.89. The fraction of sp³-hybridized carbons (Fsp3) is 0.364. The van der Waals surface area contributed by atoms with Crippen LogP contribution in [0.25, 0.3) is 0 Å². The van der Waals surface area contributed by atoms with Gasteiger partial charge in [0, 0.05) is 12.7 Å². The fourth-order valence-corrected chi connectivity index (χ4v) is 1.23. The van der Waals surface area contributed by atoms with Crippen LogP contribution in [0.4, 0.5) is 28.0 Å². The summed E-state index contributed by atoms with van der Waals surface area (Å²) in [5.41, 5.74) is 0.110. The van der Waals surface area contributed by atoms with Crippen LogP contribution in [0.1, 0.15) is 0 Å². The molecule has 1 unspecified atom stereocenters. The van der Waals surface area contributed by atoms with Crippen LogP contribution >= 0.6 is 0 Å². The molecule has 106 valence electrons. The Hall–Kier alpha value is -1.83. The molecule has 0 saturated heterocycles. The number of halogens is 4. The standard InChI is InChI=1S/C11H12F4N2O2/c1-17(6-9(18)11(13,14)15)10(19)16-8-4-2-3-7(12)5-8/h2-5,9,18H,6H2,1H3,(H,16,19). The summed E-state index contributed by atoms with van der Waals surface area (Å²) < 4.78 is 49.1. The summed E-state index contributed by atoms with van der Waals surface area (Å²) in [5.74, 6) is -0.587. The number of nitrogens with one attached hydrogen (secondary N) is 1. The highest BCUT2D eigenvalue weighted by atomic mass is 19.4. The van der Waals surface area contributed by atoms with Crippen molar-refractivity contribution in [3.05, 3.63) is 30.1 Å². The van der Waals surface area contributed by atoms with Crippen LogP contribution in [0, 0.1) is 5.82 Å². The van der Waals surface area contributed by atoms with E-state index in [2.05, 4.69) is 5.32 Å². The third-order valence-electron chi connectivity index (χ3n) is 2.25. The lowest BCUT2D eigenvalue weighted by Gasteiger charge is -2.22. The largest absolute Gasteiger partial charge is 0.416 e. The number of carbonyl (C=O) groups excluding carboxylic acids is 1. The van der Waals surface area contributed by atoms with Gasteiger partial charge in [-0.2, -0.15) is 13.2 Å². The van der Waals surface area contributed by atoms with E-state index in [-0.39, 0.29) is 5.69 Å². The Morgan fingerprint density at radius 1 is 1.47 bits per heavy atom. The van der Waals surface area contributed by atoms with E-state index >= 15 is 0 Å². The molecule has 1 aromatic carbocycles. The Morgan fingerprint density at radius 2 is 2.11 bits per heavy atom. The molecular formula is C11H12F4N2O2. The predicted octanol–water partition coefficient (Wildman–Crippen LogP) is 2.21. The first-order chi connectivity index (χ1) is 8.70. The molecule has 0 aliphatic rings. The van der Waals surface area contributed by atoms with Crippen LogP contribution in [0.2, 0.25) is 0 Å². The van der Waals surface area contributed by atoms with E-state index in [9.17, 15) is 22.4 Å². The molecule has 4 nitrogen and oxygen atoms in total. The monoisotopic (exact) mass is 280 g/mol. The van der Waals surface area contributed by atoms with Crippen molar-refractivity contribution in [2.24, 2.45) is 0 Å².